The average Bonchev–Trinajstić information content (AvgIpc) is 2.42. The number of nitrogens with two attached hydrogens (primary N) is 1. The van der Waals surface area contributed by atoms with Gasteiger partial charge in [-0.2, -0.15) is 13.2 Å². The van der Waals surface area contributed by atoms with Gasteiger partial charge in [0.1, 0.15) is 0 Å². The van der Waals surface area contributed by atoms with Crippen LogP contribution in [0.3, 0.4) is 0 Å². The highest BCUT2D eigenvalue weighted by atomic mass is 19.4. The lowest BCUT2D eigenvalue weighted by Gasteiger charge is -2.27. The van der Waals surface area contributed by atoms with Crippen LogP contribution in [0, 0.1) is 0 Å². The number of hydrogen-bond acceptors (Lipinski definition) is 3. The fourth-order valence-corrected chi connectivity index (χ4v) is 2.04. The van der Waals surface area contributed by atoms with Crippen molar-refractivity contribution in [3.8, 4) is 0 Å². The van der Waals surface area contributed by atoms with E-state index in [4.69, 9.17) is 10.8 Å². The Morgan fingerprint density at radius 3 is 2.45 bits per heavy atom. The van der Waals surface area contributed by atoms with Crippen LogP contribution in [-0.4, -0.2) is 24.8 Å². The average molecular weight is 290 g/mol. The van der Waals surface area contributed by atoms with E-state index in [0.717, 1.165) is 18.9 Å². The first-order valence-electron chi connectivity index (χ1n) is 6.70. The molecule has 0 saturated carbocycles. The van der Waals surface area contributed by atoms with Crippen LogP contribution in [0.15, 0.2) is 18.2 Å². The summed E-state index contributed by atoms with van der Waals surface area (Å²) >= 11 is 0. The number of rotatable bonds is 7. The third-order valence-electron chi connectivity index (χ3n) is 3.09. The molecule has 0 amide bonds. The van der Waals surface area contributed by atoms with Gasteiger partial charge in [-0.3, -0.25) is 0 Å². The Bertz CT molecular complexity index is 421. The van der Waals surface area contributed by atoms with Gasteiger partial charge in [-0.1, -0.05) is 19.4 Å². The van der Waals surface area contributed by atoms with Crippen molar-refractivity contribution < 1.29 is 18.3 Å². The lowest BCUT2D eigenvalue weighted by molar-refractivity contribution is -0.137. The molecule has 0 aromatic heterocycles. The predicted octanol–water partition coefficient (Wildman–Crippen LogP) is 2.76. The van der Waals surface area contributed by atoms with Gasteiger partial charge < -0.3 is 15.7 Å². The number of anilines is 1. The molecule has 1 aromatic carbocycles. The normalized spacial score (nSPS) is 11.7. The molecule has 0 unspecified atom stereocenters. The molecule has 20 heavy (non-hydrogen) atoms. The largest absolute Gasteiger partial charge is 0.418 e. The van der Waals surface area contributed by atoms with Crippen molar-refractivity contribution in [2.24, 2.45) is 5.73 Å². The third-order valence-corrected chi connectivity index (χ3v) is 3.09. The van der Waals surface area contributed by atoms with Crippen LogP contribution in [0.5, 0.6) is 0 Å². The minimum Gasteiger partial charge on any atom is -0.395 e. The third kappa shape index (κ3) is 4.38. The van der Waals surface area contributed by atoms with Crippen molar-refractivity contribution in [3.05, 3.63) is 29.3 Å². The number of aliphatic hydroxyl groups is 1. The molecule has 3 nitrogen and oxygen atoms in total. The second-order valence-corrected chi connectivity index (χ2v) is 4.62. The van der Waals surface area contributed by atoms with E-state index in [1.54, 1.807) is 11.0 Å². The SMILES string of the molecule is CCCCN(CCO)c1ccc(CN)cc1C(F)(F)F. The molecular formula is C14H21F3N2O. The van der Waals surface area contributed by atoms with Gasteiger partial charge in [-0.05, 0) is 24.1 Å². The summed E-state index contributed by atoms with van der Waals surface area (Å²) in [6.45, 7) is 2.53. The van der Waals surface area contributed by atoms with Gasteiger partial charge in [-0.15, -0.1) is 0 Å². The summed E-state index contributed by atoms with van der Waals surface area (Å²) < 4.78 is 39.5. The smallest absolute Gasteiger partial charge is 0.395 e. The second kappa shape index (κ2) is 7.50. The molecule has 0 heterocycles. The van der Waals surface area contributed by atoms with Gasteiger partial charge in [0.25, 0.3) is 0 Å². The van der Waals surface area contributed by atoms with Gasteiger partial charge in [0.15, 0.2) is 0 Å². The monoisotopic (exact) mass is 290 g/mol. The Kier molecular flexibility index (Phi) is 6.29. The van der Waals surface area contributed by atoms with E-state index >= 15 is 0 Å². The highest BCUT2D eigenvalue weighted by Gasteiger charge is 2.35. The van der Waals surface area contributed by atoms with Gasteiger partial charge in [0.2, 0.25) is 0 Å². The molecule has 0 aliphatic heterocycles. The first-order valence-corrected chi connectivity index (χ1v) is 6.70. The summed E-state index contributed by atoms with van der Waals surface area (Å²) in [6.07, 6.45) is -2.78. The lowest BCUT2D eigenvalue weighted by atomic mass is 10.1. The molecule has 6 heteroatoms. The van der Waals surface area contributed by atoms with Gasteiger partial charge in [-0.25, -0.2) is 0 Å². The molecule has 0 aliphatic carbocycles. The Labute approximate surface area is 117 Å². The van der Waals surface area contributed by atoms with E-state index in [2.05, 4.69) is 0 Å². The van der Waals surface area contributed by atoms with Crippen LogP contribution in [0.25, 0.3) is 0 Å². The molecule has 1 aromatic rings. The van der Waals surface area contributed by atoms with Crippen LogP contribution in [0.1, 0.15) is 30.9 Å². The minimum absolute atomic E-state index is 0.0678. The highest BCUT2D eigenvalue weighted by molar-refractivity contribution is 5.56. The summed E-state index contributed by atoms with van der Waals surface area (Å²) in [6, 6.07) is 4.13. The molecule has 0 fully saturated rings. The van der Waals surface area contributed by atoms with Crippen LogP contribution < -0.4 is 10.6 Å². The number of unbranched alkanes of at least 4 members (excludes halogenated alkanes) is 1. The summed E-state index contributed by atoms with van der Waals surface area (Å²) in [5.41, 5.74) is 5.27. The molecular weight excluding hydrogens is 269 g/mol. The maximum Gasteiger partial charge on any atom is 0.418 e. The van der Waals surface area contributed by atoms with Crippen molar-refractivity contribution in [1.82, 2.24) is 0 Å². The maximum absolute atomic E-state index is 13.2. The summed E-state index contributed by atoms with van der Waals surface area (Å²) in [5.74, 6) is 0. The molecule has 0 atom stereocenters. The Balaban J connectivity index is 3.18. The molecule has 0 aliphatic rings. The van der Waals surface area contributed by atoms with Gasteiger partial charge in [0.05, 0.1) is 12.2 Å². The van der Waals surface area contributed by atoms with Crippen molar-refractivity contribution in [3.63, 3.8) is 0 Å². The second-order valence-electron chi connectivity index (χ2n) is 4.62. The Morgan fingerprint density at radius 1 is 1.25 bits per heavy atom. The lowest BCUT2D eigenvalue weighted by Crippen LogP contribution is -2.30. The Morgan fingerprint density at radius 2 is 1.95 bits per heavy atom. The molecule has 0 saturated heterocycles. The number of hydrogen-bond donors (Lipinski definition) is 2. The van der Waals surface area contributed by atoms with Crippen molar-refractivity contribution in [2.45, 2.75) is 32.5 Å². The first kappa shape index (κ1) is 16.8. The maximum atomic E-state index is 13.2. The highest BCUT2D eigenvalue weighted by Crippen LogP contribution is 2.37. The zero-order valence-electron chi connectivity index (χ0n) is 11.6. The van der Waals surface area contributed by atoms with Crippen molar-refractivity contribution in [1.29, 1.82) is 0 Å². The van der Waals surface area contributed by atoms with E-state index in [0.29, 0.717) is 12.1 Å². The van der Waals surface area contributed by atoms with E-state index in [9.17, 15) is 13.2 Å². The number of aliphatic hydroxyl groups excluding tert-OH is 1. The molecule has 0 spiro atoms. The van der Waals surface area contributed by atoms with E-state index in [1.807, 2.05) is 6.92 Å². The van der Waals surface area contributed by atoms with Crippen LogP contribution >= 0.6 is 0 Å². The molecule has 114 valence electrons. The van der Waals surface area contributed by atoms with Gasteiger partial charge in [0, 0.05) is 25.3 Å². The number of nitrogens with zero attached hydrogens (tertiary/aromatic N) is 1. The van der Waals surface area contributed by atoms with Crippen molar-refractivity contribution >= 4 is 5.69 Å². The quantitative estimate of drug-likeness (QED) is 0.812. The fourth-order valence-electron chi connectivity index (χ4n) is 2.04. The van der Waals surface area contributed by atoms with Crippen LogP contribution in [0.2, 0.25) is 0 Å². The van der Waals surface area contributed by atoms with E-state index < -0.39 is 11.7 Å². The zero-order chi connectivity index (χ0) is 15.2. The fraction of sp³-hybridized carbons (Fsp3) is 0.571. The van der Waals surface area contributed by atoms with Crippen molar-refractivity contribution in [2.75, 3.05) is 24.6 Å². The number of benzene rings is 1. The number of halogens is 3. The first-order chi connectivity index (χ1) is 9.43. The minimum atomic E-state index is -4.43. The summed E-state index contributed by atoms with van der Waals surface area (Å²) in [5, 5.41) is 9.05. The van der Waals surface area contributed by atoms with Crippen LogP contribution in [0.4, 0.5) is 18.9 Å². The zero-order valence-corrected chi connectivity index (χ0v) is 11.6. The molecule has 0 radical (unpaired) electrons. The standard InChI is InChI=1S/C14H21F3N2O/c1-2-3-6-19(7-8-20)13-5-4-11(10-18)9-12(13)14(15,16)17/h4-5,9,20H,2-3,6-8,10,18H2,1H3. The van der Waals surface area contributed by atoms with E-state index in [-0.39, 0.29) is 25.4 Å². The molecule has 0 bridgehead atoms. The summed E-state index contributed by atoms with van der Waals surface area (Å²) in [7, 11) is 0. The molecule has 3 N–H and O–H groups in total. The number of alkyl halides is 3. The van der Waals surface area contributed by atoms with Gasteiger partial charge >= 0.3 is 6.18 Å². The molecule has 1 rings (SSSR count). The Hall–Kier alpha value is -1.27. The van der Waals surface area contributed by atoms with Crippen LogP contribution in [-0.2, 0) is 12.7 Å². The predicted molar refractivity (Wildman–Crippen MR) is 73.5 cm³/mol. The topological polar surface area (TPSA) is 49.5 Å². The summed E-state index contributed by atoms with van der Waals surface area (Å²) in [4.78, 5) is 1.58. The van der Waals surface area contributed by atoms with E-state index in [1.165, 1.54) is 6.07 Å².